The topological polar surface area (TPSA) is 73.2 Å². The van der Waals surface area contributed by atoms with Crippen molar-refractivity contribution in [3.8, 4) is 0 Å². The summed E-state index contributed by atoms with van der Waals surface area (Å²) < 4.78 is 14.1. The van der Waals surface area contributed by atoms with Crippen molar-refractivity contribution in [2.75, 3.05) is 63.8 Å². The number of amides is 1. The molecule has 2 aliphatic heterocycles. The van der Waals surface area contributed by atoms with Crippen molar-refractivity contribution in [1.29, 1.82) is 0 Å². The fraction of sp³-hybridized carbons (Fsp3) is 0.435. The molecule has 0 N–H and O–H groups in total. The Morgan fingerprint density at radius 2 is 1.61 bits per heavy atom. The Labute approximate surface area is 197 Å². The number of anilines is 1. The zero-order chi connectivity index (χ0) is 23.4. The maximum absolute atomic E-state index is 14.1. The van der Waals surface area contributed by atoms with Gasteiger partial charge in [0.2, 0.25) is 5.91 Å². The van der Waals surface area contributed by atoms with E-state index in [1.54, 1.807) is 30.3 Å². The van der Waals surface area contributed by atoms with Crippen molar-refractivity contribution >= 4 is 28.9 Å². The van der Waals surface area contributed by atoms with Gasteiger partial charge in [-0.25, -0.2) is 4.39 Å². The number of para-hydroxylation sites is 2. The summed E-state index contributed by atoms with van der Waals surface area (Å²) in [5.41, 5.74) is 1.23. The minimum absolute atomic E-state index is 0.0812. The van der Waals surface area contributed by atoms with Gasteiger partial charge in [-0.3, -0.25) is 24.7 Å². The highest BCUT2D eigenvalue weighted by molar-refractivity contribution is 6.31. The van der Waals surface area contributed by atoms with Crippen LogP contribution in [0, 0.1) is 15.9 Å². The molecule has 10 heteroatoms. The molecule has 0 spiro atoms. The first-order valence-electron chi connectivity index (χ1n) is 11.1. The molecule has 8 nitrogen and oxygen atoms in total. The molecule has 0 bridgehead atoms. The zero-order valence-corrected chi connectivity index (χ0v) is 19.1. The van der Waals surface area contributed by atoms with Crippen LogP contribution < -0.4 is 4.90 Å². The summed E-state index contributed by atoms with van der Waals surface area (Å²) in [5, 5.41) is 11.7. The fourth-order valence-corrected chi connectivity index (χ4v) is 4.61. The van der Waals surface area contributed by atoms with Gasteiger partial charge in [0.05, 0.1) is 11.5 Å². The molecule has 0 atom stereocenters. The summed E-state index contributed by atoms with van der Waals surface area (Å²) in [6, 6.07) is 11.5. The van der Waals surface area contributed by atoms with Gasteiger partial charge in [0, 0.05) is 75.6 Å². The van der Waals surface area contributed by atoms with Gasteiger partial charge in [-0.15, -0.1) is 0 Å². The molecule has 2 heterocycles. The van der Waals surface area contributed by atoms with E-state index < -0.39 is 0 Å². The van der Waals surface area contributed by atoms with E-state index in [0.717, 1.165) is 0 Å². The number of rotatable bonds is 6. The van der Waals surface area contributed by atoms with Gasteiger partial charge < -0.3 is 9.80 Å². The Balaban J connectivity index is 1.24. The van der Waals surface area contributed by atoms with E-state index in [1.807, 2.05) is 9.80 Å². The van der Waals surface area contributed by atoms with Gasteiger partial charge >= 0.3 is 0 Å². The lowest BCUT2D eigenvalue weighted by Gasteiger charge is -2.38. The Hall–Kier alpha value is -2.75. The van der Waals surface area contributed by atoms with Crippen LogP contribution in [0.15, 0.2) is 42.5 Å². The van der Waals surface area contributed by atoms with Crippen molar-refractivity contribution in [2.24, 2.45) is 0 Å². The maximum Gasteiger partial charge on any atom is 0.292 e. The number of carbonyl (C=O) groups excluding carboxylic acids is 1. The summed E-state index contributed by atoms with van der Waals surface area (Å²) in [7, 11) is 0. The SMILES string of the molecule is O=C(CN1CCN(c2ccccc2[N+](=O)[O-])CC1)N1CCN(Cc2c(F)cccc2Cl)CC1. The Kier molecular flexibility index (Phi) is 7.42. The molecule has 1 amide bonds. The molecule has 0 saturated carbocycles. The van der Waals surface area contributed by atoms with Crippen LogP contribution in [-0.4, -0.2) is 84.4 Å². The summed E-state index contributed by atoms with van der Waals surface area (Å²) in [4.78, 5) is 31.8. The fourth-order valence-electron chi connectivity index (χ4n) is 4.39. The molecule has 0 radical (unpaired) electrons. The zero-order valence-electron chi connectivity index (χ0n) is 18.3. The largest absolute Gasteiger partial charge is 0.363 e. The summed E-state index contributed by atoms with van der Waals surface area (Å²) in [6.45, 7) is 5.91. The van der Waals surface area contributed by atoms with Crippen LogP contribution >= 0.6 is 11.6 Å². The van der Waals surface area contributed by atoms with Crippen LogP contribution in [0.5, 0.6) is 0 Å². The normalized spacial score (nSPS) is 17.9. The number of halogens is 2. The average molecular weight is 476 g/mol. The second kappa shape index (κ2) is 10.5. The van der Waals surface area contributed by atoms with Crippen LogP contribution in [-0.2, 0) is 11.3 Å². The minimum Gasteiger partial charge on any atom is -0.363 e. The number of nitrogens with zero attached hydrogens (tertiary/aromatic N) is 5. The third-order valence-corrected chi connectivity index (χ3v) is 6.67. The monoisotopic (exact) mass is 475 g/mol. The van der Waals surface area contributed by atoms with Gasteiger partial charge in [0.1, 0.15) is 11.5 Å². The number of nitro benzene ring substituents is 1. The molecule has 0 aliphatic carbocycles. The summed E-state index contributed by atoms with van der Waals surface area (Å²) in [6.07, 6.45) is 0. The van der Waals surface area contributed by atoms with Gasteiger partial charge in [-0.05, 0) is 18.2 Å². The highest BCUT2D eigenvalue weighted by Gasteiger charge is 2.27. The summed E-state index contributed by atoms with van der Waals surface area (Å²) in [5.74, 6) is -0.223. The van der Waals surface area contributed by atoms with Crippen LogP contribution in [0.25, 0.3) is 0 Å². The van der Waals surface area contributed by atoms with E-state index in [9.17, 15) is 19.3 Å². The van der Waals surface area contributed by atoms with Gasteiger partial charge in [0.15, 0.2) is 0 Å². The van der Waals surface area contributed by atoms with Crippen LogP contribution in [0.3, 0.4) is 0 Å². The Morgan fingerprint density at radius 3 is 2.27 bits per heavy atom. The quantitative estimate of drug-likeness (QED) is 0.472. The van der Waals surface area contributed by atoms with Crippen molar-refractivity contribution in [3.05, 3.63) is 69.0 Å². The first kappa shape index (κ1) is 23.4. The van der Waals surface area contributed by atoms with Gasteiger partial charge in [-0.2, -0.15) is 0 Å². The Morgan fingerprint density at radius 1 is 0.939 bits per heavy atom. The molecule has 4 rings (SSSR count). The number of piperazine rings is 2. The van der Waals surface area contributed by atoms with E-state index in [2.05, 4.69) is 9.80 Å². The standard InChI is InChI=1S/C23H27ClFN5O3/c24-19-4-3-5-20(25)18(19)16-26-10-14-29(15-11-26)23(31)17-27-8-12-28(13-9-27)21-6-1-2-7-22(21)30(32)33/h1-7H,8-17H2. The number of benzene rings is 2. The van der Waals surface area contributed by atoms with Crippen molar-refractivity contribution in [2.45, 2.75) is 6.54 Å². The minimum atomic E-state index is -0.356. The number of carbonyl (C=O) groups is 1. The lowest BCUT2D eigenvalue weighted by atomic mass is 10.1. The van der Waals surface area contributed by atoms with E-state index in [0.29, 0.717) is 81.7 Å². The van der Waals surface area contributed by atoms with Crippen molar-refractivity contribution in [1.82, 2.24) is 14.7 Å². The van der Waals surface area contributed by atoms with E-state index in [4.69, 9.17) is 11.6 Å². The Bertz CT molecular complexity index is 987. The number of nitro groups is 1. The molecule has 0 aromatic heterocycles. The van der Waals surface area contributed by atoms with Crippen molar-refractivity contribution in [3.63, 3.8) is 0 Å². The van der Waals surface area contributed by atoms with Crippen LogP contribution in [0.2, 0.25) is 5.02 Å². The van der Waals surface area contributed by atoms with Crippen molar-refractivity contribution < 1.29 is 14.1 Å². The first-order valence-corrected chi connectivity index (χ1v) is 11.4. The average Bonchev–Trinajstić information content (AvgIpc) is 2.82. The molecule has 2 aliphatic rings. The highest BCUT2D eigenvalue weighted by Crippen LogP contribution is 2.28. The van der Waals surface area contributed by atoms with Gasteiger partial charge in [0.25, 0.3) is 5.69 Å². The van der Waals surface area contributed by atoms with Crippen LogP contribution in [0.4, 0.5) is 15.8 Å². The molecule has 2 aromatic carbocycles. The molecule has 2 fully saturated rings. The second-order valence-corrected chi connectivity index (χ2v) is 8.77. The molecule has 2 aromatic rings. The highest BCUT2D eigenvalue weighted by atomic mass is 35.5. The second-order valence-electron chi connectivity index (χ2n) is 8.37. The molecular formula is C23H27ClFN5O3. The first-order chi connectivity index (χ1) is 15.9. The predicted molar refractivity (Wildman–Crippen MR) is 125 cm³/mol. The lowest BCUT2D eigenvalue weighted by molar-refractivity contribution is -0.384. The third-order valence-electron chi connectivity index (χ3n) is 6.32. The number of hydrogen-bond donors (Lipinski definition) is 0. The number of hydrogen-bond acceptors (Lipinski definition) is 6. The third kappa shape index (κ3) is 5.61. The lowest BCUT2D eigenvalue weighted by Crippen LogP contribution is -2.53. The summed E-state index contributed by atoms with van der Waals surface area (Å²) >= 11 is 6.14. The van der Waals surface area contributed by atoms with E-state index in [-0.39, 0.29) is 22.3 Å². The van der Waals surface area contributed by atoms with Gasteiger partial charge in [-0.1, -0.05) is 29.8 Å². The molecule has 176 valence electrons. The smallest absolute Gasteiger partial charge is 0.292 e. The molecule has 33 heavy (non-hydrogen) atoms. The van der Waals surface area contributed by atoms with E-state index in [1.165, 1.54) is 12.1 Å². The molecule has 2 saturated heterocycles. The molecular weight excluding hydrogens is 449 g/mol. The predicted octanol–water partition coefficient (Wildman–Crippen LogP) is 2.85. The van der Waals surface area contributed by atoms with E-state index >= 15 is 0 Å². The van der Waals surface area contributed by atoms with Crippen LogP contribution in [0.1, 0.15) is 5.56 Å². The maximum atomic E-state index is 14.1. The molecule has 0 unspecified atom stereocenters.